The summed E-state index contributed by atoms with van der Waals surface area (Å²) in [6, 6.07) is 12.3. The molecule has 1 aromatic carbocycles. The van der Waals surface area contributed by atoms with Gasteiger partial charge in [0.25, 0.3) is 0 Å². The van der Waals surface area contributed by atoms with Gasteiger partial charge in [0.05, 0.1) is 0 Å². The molecular weight excluding hydrogens is 210 g/mol. The Morgan fingerprint density at radius 1 is 1.18 bits per heavy atom. The summed E-state index contributed by atoms with van der Waals surface area (Å²) in [5.74, 6) is 0.906. The minimum Gasteiger partial charge on any atom is -0.366 e. The number of benzene rings is 1. The second-order valence-corrected chi connectivity index (χ2v) is 4.10. The molecule has 17 heavy (non-hydrogen) atoms. The van der Waals surface area contributed by atoms with Crippen molar-refractivity contribution in [3.63, 3.8) is 0 Å². The van der Waals surface area contributed by atoms with Crippen LogP contribution in [-0.2, 0) is 13.1 Å². The average Bonchev–Trinajstić information content (AvgIpc) is 2.37. The SMILES string of the molecule is Cc1ccnc(NCc2cccc(CN)c2)c1. The van der Waals surface area contributed by atoms with Gasteiger partial charge in [0.1, 0.15) is 5.82 Å². The zero-order chi connectivity index (χ0) is 12.1. The maximum atomic E-state index is 5.61. The number of nitrogens with two attached hydrogens (primary N) is 1. The standard InChI is InChI=1S/C14H17N3/c1-11-5-6-16-14(7-11)17-10-13-4-2-3-12(8-13)9-15/h2-8H,9-10,15H2,1H3,(H,16,17). The molecule has 0 saturated carbocycles. The maximum absolute atomic E-state index is 5.61. The predicted octanol–water partition coefficient (Wildman–Crippen LogP) is 2.46. The largest absolute Gasteiger partial charge is 0.366 e. The van der Waals surface area contributed by atoms with Crippen molar-refractivity contribution in [3.05, 3.63) is 59.3 Å². The van der Waals surface area contributed by atoms with E-state index in [1.165, 1.54) is 11.1 Å². The number of nitrogens with zero attached hydrogens (tertiary/aromatic N) is 1. The van der Waals surface area contributed by atoms with Crippen LogP contribution >= 0.6 is 0 Å². The highest BCUT2D eigenvalue weighted by Gasteiger charge is 1.97. The van der Waals surface area contributed by atoms with E-state index in [2.05, 4.69) is 29.4 Å². The molecule has 0 aliphatic carbocycles. The van der Waals surface area contributed by atoms with Gasteiger partial charge in [-0.2, -0.15) is 0 Å². The number of anilines is 1. The van der Waals surface area contributed by atoms with Crippen molar-refractivity contribution in [2.75, 3.05) is 5.32 Å². The molecule has 0 aliphatic rings. The van der Waals surface area contributed by atoms with Gasteiger partial charge in [-0.1, -0.05) is 24.3 Å². The van der Waals surface area contributed by atoms with E-state index < -0.39 is 0 Å². The smallest absolute Gasteiger partial charge is 0.126 e. The third kappa shape index (κ3) is 3.29. The summed E-state index contributed by atoms with van der Waals surface area (Å²) in [5, 5.41) is 3.30. The lowest BCUT2D eigenvalue weighted by atomic mass is 10.1. The van der Waals surface area contributed by atoms with Gasteiger partial charge in [0.2, 0.25) is 0 Å². The van der Waals surface area contributed by atoms with E-state index in [9.17, 15) is 0 Å². The molecule has 2 aromatic rings. The summed E-state index contributed by atoms with van der Waals surface area (Å²) >= 11 is 0. The molecule has 0 aliphatic heterocycles. The van der Waals surface area contributed by atoms with Crippen molar-refractivity contribution in [1.82, 2.24) is 4.98 Å². The van der Waals surface area contributed by atoms with Gasteiger partial charge in [0.15, 0.2) is 0 Å². The molecule has 0 bridgehead atoms. The third-order valence-corrected chi connectivity index (χ3v) is 2.62. The normalized spacial score (nSPS) is 10.2. The fourth-order valence-electron chi connectivity index (χ4n) is 1.69. The molecule has 1 aromatic heterocycles. The monoisotopic (exact) mass is 227 g/mol. The number of pyridine rings is 1. The van der Waals surface area contributed by atoms with Crippen molar-refractivity contribution >= 4 is 5.82 Å². The lowest BCUT2D eigenvalue weighted by Gasteiger charge is -2.07. The molecule has 3 heteroatoms. The van der Waals surface area contributed by atoms with E-state index in [-0.39, 0.29) is 0 Å². The number of hydrogen-bond acceptors (Lipinski definition) is 3. The summed E-state index contributed by atoms with van der Waals surface area (Å²) in [6.07, 6.45) is 1.81. The van der Waals surface area contributed by atoms with Crippen molar-refractivity contribution in [2.45, 2.75) is 20.0 Å². The van der Waals surface area contributed by atoms with Crippen molar-refractivity contribution < 1.29 is 0 Å². The maximum Gasteiger partial charge on any atom is 0.126 e. The number of hydrogen-bond donors (Lipinski definition) is 2. The van der Waals surface area contributed by atoms with Crippen molar-refractivity contribution in [2.24, 2.45) is 5.73 Å². The summed E-state index contributed by atoms with van der Waals surface area (Å²) < 4.78 is 0. The molecule has 0 atom stereocenters. The molecule has 2 rings (SSSR count). The van der Waals surface area contributed by atoms with Crippen LogP contribution in [0.2, 0.25) is 0 Å². The van der Waals surface area contributed by atoms with Crippen LogP contribution in [0, 0.1) is 6.92 Å². The Hall–Kier alpha value is -1.87. The third-order valence-electron chi connectivity index (χ3n) is 2.62. The Balaban J connectivity index is 2.02. The second-order valence-electron chi connectivity index (χ2n) is 4.10. The number of aromatic nitrogens is 1. The van der Waals surface area contributed by atoms with E-state index in [4.69, 9.17) is 5.73 Å². The second kappa shape index (κ2) is 5.46. The van der Waals surface area contributed by atoms with E-state index in [1.807, 2.05) is 30.5 Å². The quantitative estimate of drug-likeness (QED) is 0.843. The number of aryl methyl sites for hydroxylation is 1. The molecule has 0 saturated heterocycles. The highest BCUT2D eigenvalue weighted by atomic mass is 15.0. The van der Waals surface area contributed by atoms with Gasteiger partial charge in [-0.25, -0.2) is 4.98 Å². The van der Waals surface area contributed by atoms with Crippen LogP contribution in [0.1, 0.15) is 16.7 Å². The van der Waals surface area contributed by atoms with E-state index >= 15 is 0 Å². The topological polar surface area (TPSA) is 50.9 Å². The first kappa shape index (κ1) is 11.6. The van der Waals surface area contributed by atoms with Crippen LogP contribution in [-0.4, -0.2) is 4.98 Å². The summed E-state index contributed by atoms with van der Waals surface area (Å²) in [7, 11) is 0. The first-order valence-electron chi connectivity index (χ1n) is 5.72. The summed E-state index contributed by atoms with van der Waals surface area (Å²) in [4.78, 5) is 4.26. The molecule has 0 fully saturated rings. The summed E-state index contributed by atoms with van der Waals surface area (Å²) in [5.41, 5.74) is 9.19. The average molecular weight is 227 g/mol. The lowest BCUT2D eigenvalue weighted by Crippen LogP contribution is -2.03. The van der Waals surface area contributed by atoms with Crippen LogP contribution in [0.3, 0.4) is 0 Å². The Morgan fingerprint density at radius 2 is 2.00 bits per heavy atom. The minimum atomic E-state index is 0.580. The van der Waals surface area contributed by atoms with Gasteiger partial charge < -0.3 is 11.1 Å². The van der Waals surface area contributed by atoms with Crippen LogP contribution < -0.4 is 11.1 Å². The highest BCUT2D eigenvalue weighted by molar-refractivity contribution is 5.38. The van der Waals surface area contributed by atoms with Crippen LogP contribution in [0.5, 0.6) is 0 Å². The van der Waals surface area contributed by atoms with Crippen molar-refractivity contribution in [3.8, 4) is 0 Å². The number of rotatable bonds is 4. The van der Waals surface area contributed by atoms with Gasteiger partial charge >= 0.3 is 0 Å². The fourth-order valence-corrected chi connectivity index (χ4v) is 1.69. The van der Waals surface area contributed by atoms with E-state index in [0.717, 1.165) is 17.9 Å². The molecule has 88 valence electrons. The van der Waals surface area contributed by atoms with Gasteiger partial charge in [-0.3, -0.25) is 0 Å². The Labute approximate surface area is 102 Å². The first-order chi connectivity index (χ1) is 8.28. The van der Waals surface area contributed by atoms with Gasteiger partial charge in [0, 0.05) is 19.3 Å². The predicted molar refractivity (Wildman–Crippen MR) is 70.6 cm³/mol. The van der Waals surface area contributed by atoms with Gasteiger partial charge in [-0.15, -0.1) is 0 Å². The summed E-state index contributed by atoms with van der Waals surface area (Å²) in [6.45, 7) is 3.41. The molecule has 0 spiro atoms. The van der Waals surface area contributed by atoms with Gasteiger partial charge in [-0.05, 0) is 35.7 Å². The molecule has 0 unspecified atom stereocenters. The fraction of sp³-hybridized carbons (Fsp3) is 0.214. The van der Waals surface area contributed by atoms with Crippen LogP contribution in [0.4, 0.5) is 5.82 Å². The Bertz CT molecular complexity index is 494. The molecule has 0 amide bonds. The molecule has 0 radical (unpaired) electrons. The first-order valence-corrected chi connectivity index (χ1v) is 5.72. The molecule has 3 nitrogen and oxygen atoms in total. The Kier molecular flexibility index (Phi) is 3.73. The highest BCUT2D eigenvalue weighted by Crippen LogP contribution is 2.09. The molecule has 3 N–H and O–H groups in total. The van der Waals surface area contributed by atoms with E-state index in [0.29, 0.717) is 6.54 Å². The minimum absolute atomic E-state index is 0.580. The zero-order valence-electron chi connectivity index (χ0n) is 9.98. The number of nitrogens with one attached hydrogen (secondary N) is 1. The Morgan fingerprint density at radius 3 is 2.76 bits per heavy atom. The van der Waals surface area contributed by atoms with Crippen molar-refractivity contribution in [1.29, 1.82) is 0 Å². The molecular formula is C14H17N3. The lowest BCUT2D eigenvalue weighted by molar-refractivity contribution is 1.04. The van der Waals surface area contributed by atoms with Crippen LogP contribution in [0.25, 0.3) is 0 Å². The molecule has 1 heterocycles. The van der Waals surface area contributed by atoms with Crippen LogP contribution in [0.15, 0.2) is 42.6 Å². The van der Waals surface area contributed by atoms with E-state index in [1.54, 1.807) is 0 Å². The zero-order valence-corrected chi connectivity index (χ0v) is 9.98.